The zero-order valence-corrected chi connectivity index (χ0v) is 32.9. The van der Waals surface area contributed by atoms with Crippen LogP contribution in [0.4, 0.5) is 48.7 Å². The Morgan fingerprint density at radius 2 is 0.906 bits per heavy atom. The number of nitrogens with one attached hydrogen (secondary N) is 2. The predicted octanol–water partition coefficient (Wildman–Crippen LogP) is 7.80. The molecule has 64 heavy (non-hydrogen) atoms. The van der Waals surface area contributed by atoms with Gasteiger partial charge in [0, 0.05) is 6.42 Å². The molecule has 340 valence electrons. The van der Waals surface area contributed by atoms with Crippen molar-refractivity contribution in [3.05, 3.63) is 166 Å². The molecule has 0 saturated carbocycles. The van der Waals surface area contributed by atoms with Crippen molar-refractivity contribution in [1.82, 2.24) is 10.6 Å². The van der Waals surface area contributed by atoms with Crippen molar-refractivity contribution in [2.75, 3.05) is 13.2 Å². The van der Waals surface area contributed by atoms with E-state index in [1.165, 1.54) is 0 Å². The van der Waals surface area contributed by atoms with Gasteiger partial charge in [-0.05, 0) is 23.6 Å². The van der Waals surface area contributed by atoms with Crippen molar-refractivity contribution >= 4 is 23.8 Å². The van der Waals surface area contributed by atoms with Crippen molar-refractivity contribution in [2.24, 2.45) is 0 Å². The maximum atomic E-state index is 13.3. The molecule has 0 fully saturated rings. The second kappa shape index (κ2) is 23.3. The minimum absolute atomic E-state index is 0.0362. The summed E-state index contributed by atoms with van der Waals surface area (Å²) < 4.78 is 150. The first-order chi connectivity index (χ1) is 30.4. The summed E-state index contributed by atoms with van der Waals surface area (Å²) in [4.78, 5) is 49.0. The van der Waals surface area contributed by atoms with Crippen LogP contribution in [0.15, 0.2) is 91.0 Å². The fraction of sp³-hybridized carbons (Fsp3) is 0.209. The van der Waals surface area contributed by atoms with Gasteiger partial charge in [-0.2, -0.15) is 17.6 Å². The highest BCUT2D eigenvalue weighted by Crippen LogP contribution is 2.30. The van der Waals surface area contributed by atoms with Crippen LogP contribution in [0.5, 0.6) is 11.5 Å². The molecule has 0 bridgehead atoms. The van der Waals surface area contributed by atoms with Crippen LogP contribution in [0, 0.1) is 58.2 Å². The highest BCUT2D eigenvalue weighted by molar-refractivity contribution is 5.89. The number of Topliss-reactive ketones (excluding diaryl/α,β-unsaturated/α-hetero) is 1. The molecule has 2 amide bonds. The van der Waals surface area contributed by atoms with E-state index in [4.69, 9.17) is 9.47 Å². The predicted molar refractivity (Wildman–Crippen MR) is 202 cm³/mol. The summed E-state index contributed by atoms with van der Waals surface area (Å²) in [6.45, 7) is -1.04. The molecule has 0 aromatic heterocycles. The first-order valence-electron chi connectivity index (χ1n) is 18.4. The van der Waals surface area contributed by atoms with E-state index >= 15 is 0 Å². The second-order valence-corrected chi connectivity index (χ2v) is 13.2. The Labute approximate surface area is 356 Å². The number of benzene rings is 5. The highest BCUT2D eigenvalue weighted by Gasteiger charge is 2.32. The molecule has 1 unspecified atom stereocenters. The second-order valence-electron chi connectivity index (χ2n) is 13.2. The normalized spacial score (nSPS) is 12.2. The summed E-state index contributed by atoms with van der Waals surface area (Å²) in [6.07, 6.45) is -1.46. The summed E-state index contributed by atoms with van der Waals surface area (Å²) in [5, 5.41) is 14.8. The van der Waals surface area contributed by atoms with E-state index in [0.29, 0.717) is 0 Å². The lowest BCUT2D eigenvalue weighted by molar-refractivity contribution is -0.146. The summed E-state index contributed by atoms with van der Waals surface area (Å²) in [7, 11) is 0. The summed E-state index contributed by atoms with van der Waals surface area (Å²) in [6, 6.07) is 25.2. The van der Waals surface area contributed by atoms with E-state index in [-0.39, 0.29) is 19.6 Å². The van der Waals surface area contributed by atoms with Crippen molar-refractivity contribution in [2.45, 2.75) is 44.7 Å². The van der Waals surface area contributed by atoms with Gasteiger partial charge in [0.25, 0.3) is 0 Å². The Morgan fingerprint density at radius 1 is 0.531 bits per heavy atom. The van der Waals surface area contributed by atoms with Gasteiger partial charge in [0.15, 0.2) is 30.8 Å². The van der Waals surface area contributed by atoms with Gasteiger partial charge in [0.2, 0.25) is 69.9 Å². The quantitative estimate of drug-likeness (QED) is 0.0455. The molecule has 0 saturated heterocycles. The Hall–Kier alpha value is -7.16. The third-order valence-corrected chi connectivity index (χ3v) is 8.59. The van der Waals surface area contributed by atoms with Crippen LogP contribution in [-0.2, 0) is 43.5 Å². The third-order valence-electron chi connectivity index (χ3n) is 8.59. The molecule has 0 aliphatic carbocycles. The minimum Gasteiger partial charge on any atom is -0.480 e. The molecule has 0 radical (unpaired) electrons. The van der Waals surface area contributed by atoms with Gasteiger partial charge in [0.05, 0.1) is 12.7 Å². The lowest BCUT2D eigenvalue weighted by Crippen LogP contribution is -2.55. The van der Waals surface area contributed by atoms with Gasteiger partial charge in [-0.25, -0.2) is 35.9 Å². The molecule has 0 heterocycles. The maximum Gasteiger partial charge on any atom is 0.408 e. The number of hydrogen-bond acceptors (Lipinski definition) is 8. The maximum absolute atomic E-state index is 13.3. The number of ketones is 1. The van der Waals surface area contributed by atoms with Crippen molar-refractivity contribution in [3.63, 3.8) is 0 Å². The van der Waals surface area contributed by atoms with E-state index in [9.17, 15) is 68.2 Å². The fourth-order valence-electron chi connectivity index (χ4n) is 5.27. The molecular formula is C43H34F10N2O9. The molecule has 5 aromatic rings. The molecule has 3 N–H and O–H groups in total. The fourth-order valence-corrected chi connectivity index (χ4v) is 5.27. The smallest absolute Gasteiger partial charge is 0.408 e. The number of carbonyl (C=O) groups excluding carboxylic acids is 3. The van der Waals surface area contributed by atoms with Crippen LogP contribution in [0.2, 0.25) is 0 Å². The summed E-state index contributed by atoms with van der Waals surface area (Å²) in [5.41, 5.74) is 2.47. The molecule has 0 spiro atoms. The van der Waals surface area contributed by atoms with Crippen molar-refractivity contribution in [3.8, 4) is 11.5 Å². The van der Waals surface area contributed by atoms with Gasteiger partial charge in [-0.1, -0.05) is 91.0 Å². The number of carboxylic acid groups (broad SMARTS) is 1. The Morgan fingerprint density at radius 3 is 1.31 bits per heavy atom. The SMILES string of the molecule is CC(OCc1ccccc1)[C@H](NC(=O)[C@H](Cc1ccccc1)NC(=O)OCc1ccccc1)C(=O)O.O=C(COc1c(F)c(F)c(F)c(F)c1F)COc1c(F)c(F)c(F)c(F)c1F. The van der Waals surface area contributed by atoms with Crippen LogP contribution in [0.1, 0.15) is 23.6 Å². The Balaban J connectivity index is 0.000000290. The molecule has 3 atom stereocenters. The molecule has 0 aliphatic rings. The van der Waals surface area contributed by atoms with E-state index in [2.05, 4.69) is 20.1 Å². The number of aliphatic carboxylic acids is 1. The zero-order chi connectivity index (χ0) is 47.1. The van der Waals surface area contributed by atoms with Gasteiger partial charge >= 0.3 is 12.1 Å². The molecular weight excluding hydrogens is 878 g/mol. The Bertz CT molecular complexity index is 2280. The molecule has 21 heteroatoms. The van der Waals surface area contributed by atoms with Crippen LogP contribution in [-0.4, -0.2) is 60.3 Å². The number of halogens is 10. The highest BCUT2D eigenvalue weighted by atomic mass is 19.2. The van der Waals surface area contributed by atoms with Gasteiger partial charge < -0.3 is 34.7 Å². The zero-order valence-electron chi connectivity index (χ0n) is 32.9. The summed E-state index contributed by atoms with van der Waals surface area (Å²) >= 11 is 0. The van der Waals surface area contributed by atoms with Crippen molar-refractivity contribution in [1.29, 1.82) is 0 Å². The third kappa shape index (κ3) is 13.4. The molecule has 11 nitrogen and oxygen atoms in total. The minimum atomic E-state index is -2.48. The van der Waals surface area contributed by atoms with E-state index < -0.39 is 125 Å². The largest absolute Gasteiger partial charge is 0.480 e. The lowest BCUT2D eigenvalue weighted by Gasteiger charge is -2.25. The van der Waals surface area contributed by atoms with Crippen LogP contribution in [0.25, 0.3) is 0 Å². The lowest BCUT2D eigenvalue weighted by atomic mass is 10.0. The number of hydrogen-bond donors (Lipinski definition) is 3. The monoisotopic (exact) mass is 912 g/mol. The van der Waals surface area contributed by atoms with Gasteiger partial charge in [-0.15, -0.1) is 0 Å². The topological polar surface area (TPSA) is 149 Å². The number of carbonyl (C=O) groups is 4. The number of amides is 2. The van der Waals surface area contributed by atoms with Crippen LogP contribution < -0.4 is 20.1 Å². The van der Waals surface area contributed by atoms with Crippen molar-refractivity contribution < 1.29 is 87.1 Å². The van der Waals surface area contributed by atoms with Gasteiger partial charge in [0.1, 0.15) is 12.6 Å². The Kier molecular flexibility index (Phi) is 18.0. The van der Waals surface area contributed by atoms with E-state index in [0.717, 1.165) is 16.7 Å². The first kappa shape index (κ1) is 49.5. The molecule has 5 aromatic carbocycles. The summed E-state index contributed by atoms with van der Waals surface area (Å²) in [5.74, 6) is -30.9. The number of rotatable bonds is 18. The average Bonchev–Trinajstić information content (AvgIpc) is 3.30. The number of ether oxygens (including phenoxy) is 4. The number of carboxylic acids is 1. The molecule has 5 rings (SSSR count). The van der Waals surface area contributed by atoms with Crippen LogP contribution in [0.3, 0.4) is 0 Å². The standard InChI is InChI=1S/C28H30N2O6.C15H4F10O3/c1-20(35-18-22-13-7-3-8-14-22)25(27(32)33)30-26(31)24(17-21-11-5-2-6-12-21)29-28(34)36-19-23-15-9-4-10-16-23;16-4-6(18)10(22)14(11(23)7(4)19)27-1-3(26)2-28-15-12(24)8(20)5(17)9(21)13(15)25/h2-16,20,24-25H,17-19H2,1H3,(H,29,34)(H,30,31)(H,32,33);1-2H2/t20?,24-,25-;/m0./s1. The van der Waals surface area contributed by atoms with E-state index in [1.807, 2.05) is 91.0 Å². The number of alkyl carbamates (subject to hydrolysis) is 1. The molecule has 0 aliphatic heterocycles. The average molecular weight is 913 g/mol. The van der Waals surface area contributed by atoms with E-state index in [1.54, 1.807) is 6.92 Å². The van der Waals surface area contributed by atoms with Crippen LogP contribution >= 0.6 is 0 Å². The first-order valence-corrected chi connectivity index (χ1v) is 18.4. The van der Waals surface area contributed by atoms with Gasteiger partial charge in [-0.3, -0.25) is 9.59 Å².